The first kappa shape index (κ1) is 21.4. The van der Waals surface area contributed by atoms with Crippen LogP contribution in [0, 0.1) is 0 Å². The van der Waals surface area contributed by atoms with Crippen molar-refractivity contribution in [3.8, 4) is 0 Å². The predicted molar refractivity (Wildman–Crippen MR) is 87.1 cm³/mol. The van der Waals surface area contributed by atoms with Gasteiger partial charge < -0.3 is 18.9 Å². The molecule has 0 bridgehead atoms. The molecule has 0 N–H and O–H groups in total. The Kier molecular flexibility index (Phi) is 17.9. The quantitative estimate of drug-likeness (QED) is 0.304. The smallest absolute Gasteiger partial charge is 0.305 e. The number of hydrogen-bond acceptors (Lipinski definition) is 5. The van der Waals surface area contributed by atoms with Gasteiger partial charge in [-0.3, -0.25) is 4.79 Å². The molecule has 0 amide bonds. The number of esters is 1. The van der Waals surface area contributed by atoms with Crippen molar-refractivity contribution in [1.82, 2.24) is 0 Å². The van der Waals surface area contributed by atoms with Crippen molar-refractivity contribution in [3.05, 3.63) is 0 Å². The van der Waals surface area contributed by atoms with Gasteiger partial charge in [0.15, 0.2) is 0 Å². The molecule has 132 valence electrons. The van der Waals surface area contributed by atoms with Crippen LogP contribution in [0.2, 0.25) is 0 Å². The van der Waals surface area contributed by atoms with Crippen LogP contribution in [0.15, 0.2) is 0 Å². The Bertz CT molecular complexity index is 233. The normalized spacial score (nSPS) is 10.8. The van der Waals surface area contributed by atoms with E-state index >= 15 is 0 Å². The molecular formula is C17H34O5. The third-order valence-electron chi connectivity index (χ3n) is 3.11. The number of ether oxygens (including phenoxy) is 4. The van der Waals surface area contributed by atoms with Gasteiger partial charge in [0, 0.05) is 13.0 Å². The van der Waals surface area contributed by atoms with Crippen molar-refractivity contribution in [2.45, 2.75) is 58.8 Å². The molecule has 0 saturated carbocycles. The maximum atomic E-state index is 11.3. The molecular weight excluding hydrogens is 284 g/mol. The van der Waals surface area contributed by atoms with E-state index in [4.69, 9.17) is 18.9 Å². The molecule has 0 aliphatic carbocycles. The van der Waals surface area contributed by atoms with Crippen LogP contribution in [0.4, 0.5) is 0 Å². The topological polar surface area (TPSA) is 54.0 Å². The van der Waals surface area contributed by atoms with Crippen molar-refractivity contribution < 1.29 is 23.7 Å². The molecule has 0 heterocycles. The van der Waals surface area contributed by atoms with Crippen LogP contribution >= 0.6 is 0 Å². The SMILES string of the molecule is CCCCCOCCOCCOCCOC(=O)CCCCC. The van der Waals surface area contributed by atoms with Crippen LogP contribution in [-0.4, -0.2) is 52.2 Å². The summed E-state index contributed by atoms with van der Waals surface area (Å²) in [6, 6.07) is 0. The number of rotatable bonds is 17. The molecule has 0 aromatic heterocycles. The second kappa shape index (κ2) is 18.4. The summed E-state index contributed by atoms with van der Waals surface area (Å²) in [5.41, 5.74) is 0. The monoisotopic (exact) mass is 318 g/mol. The first-order valence-corrected chi connectivity index (χ1v) is 8.70. The van der Waals surface area contributed by atoms with Crippen molar-refractivity contribution >= 4 is 5.97 Å². The highest BCUT2D eigenvalue weighted by Gasteiger charge is 2.01. The standard InChI is InChI=1S/C17H34O5/c1-3-5-7-9-17(18)22-16-15-21-14-13-20-12-11-19-10-8-6-4-2/h3-16H2,1-2H3. The van der Waals surface area contributed by atoms with Gasteiger partial charge in [-0.05, 0) is 12.8 Å². The zero-order valence-corrected chi connectivity index (χ0v) is 14.4. The molecule has 0 rings (SSSR count). The van der Waals surface area contributed by atoms with Crippen molar-refractivity contribution in [1.29, 1.82) is 0 Å². The van der Waals surface area contributed by atoms with E-state index in [0.717, 1.165) is 32.3 Å². The summed E-state index contributed by atoms with van der Waals surface area (Å²) in [4.78, 5) is 11.3. The summed E-state index contributed by atoms with van der Waals surface area (Å²) in [5.74, 6) is -0.131. The molecule has 0 spiro atoms. The Morgan fingerprint density at radius 2 is 1.14 bits per heavy atom. The Balaban J connectivity index is 3.06. The average Bonchev–Trinajstić information content (AvgIpc) is 2.52. The van der Waals surface area contributed by atoms with E-state index in [1.807, 2.05) is 0 Å². The molecule has 0 unspecified atom stereocenters. The summed E-state index contributed by atoms with van der Waals surface area (Å²) in [5, 5.41) is 0. The fourth-order valence-corrected chi connectivity index (χ4v) is 1.80. The Hall–Kier alpha value is -0.650. The Morgan fingerprint density at radius 3 is 1.73 bits per heavy atom. The van der Waals surface area contributed by atoms with E-state index < -0.39 is 0 Å². The lowest BCUT2D eigenvalue weighted by Crippen LogP contribution is -2.14. The third kappa shape index (κ3) is 17.4. The maximum absolute atomic E-state index is 11.3. The van der Waals surface area contributed by atoms with Gasteiger partial charge >= 0.3 is 5.97 Å². The van der Waals surface area contributed by atoms with Crippen LogP contribution in [0.5, 0.6) is 0 Å². The van der Waals surface area contributed by atoms with Gasteiger partial charge in [-0.15, -0.1) is 0 Å². The van der Waals surface area contributed by atoms with Gasteiger partial charge in [-0.2, -0.15) is 0 Å². The second-order valence-corrected chi connectivity index (χ2v) is 5.22. The molecule has 0 aliphatic rings. The third-order valence-corrected chi connectivity index (χ3v) is 3.11. The van der Waals surface area contributed by atoms with Gasteiger partial charge in [0.25, 0.3) is 0 Å². The van der Waals surface area contributed by atoms with Crippen LogP contribution < -0.4 is 0 Å². The molecule has 0 saturated heterocycles. The van der Waals surface area contributed by atoms with Gasteiger partial charge in [-0.25, -0.2) is 0 Å². The molecule has 0 atom stereocenters. The summed E-state index contributed by atoms with van der Waals surface area (Å²) in [7, 11) is 0. The van der Waals surface area contributed by atoms with Gasteiger partial charge in [0.1, 0.15) is 6.61 Å². The first-order valence-electron chi connectivity index (χ1n) is 8.70. The van der Waals surface area contributed by atoms with Crippen LogP contribution in [0.3, 0.4) is 0 Å². The molecule has 0 aromatic carbocycles. The number of carbonyl (C=O) groups excluding carboxylic acids is 1. The summed E-state index contributed by atoms with van der Waals surface area (Å²) >= 11 is 0. The summed E-state index contributed by atoms with van der Waals surface area (Å²) in [6.45, 7) is 8.16. The number of carbonyl (C=O) groups is 1. The lowest BCUT2D eigenvalue weighted by molar-refractivity contribution is -0.145. The van der Waals surface area contributed by atoms with E-state index in [1.54, 1.807) is 0 Å². The van der Waals surface area contributed by atoms with Crippen LogP contribution in [-0.2, 0) is 23.7 Å². The largest absolute Gasteiger partial charge is 0.463 e. The molecule has 5 nitrogen and oxygen atoms in total. The maximum Gasteiger partial charge on any atom is 0.305 e. The van der Waals surface area contributed by atoms with E-state index in [0.29, 0.717) is 46.1 Å². The van der Waals surface area contributed by atoms with Crippen molar-refractivity contribution in [3.63, 3.8) is 0 Å². The van der Waals surface area contributed by atoms with E-state index in [1.165, 1.54) is 12.8 Å². The minimum atomic E-state index is -0.131. The van der Waals surface area contributed by atoms with Gasteiger partial charge in [-0.1, -0.05) is 39.5 Å². The number of hydrogen-bond donors (Lipinski definition) is 0. The molecule has 0 aliphatic heterocycles. The second-order valence-electron chi connectivity index (χ2n) is 5.22. The van der Waals surface area contributed by atoms with E-state index in [9.17, 15) is 4.79 Å². The van der Waals surface area contributed by atoms with E-state index in [2.05, 4.69) is 13.8 Å². The average molecular weight is 318 g/mol. The van der Waals surface area contributed by atoms with Crippen molar-refractivity contribution in [2.75, 3.05) is 46.2 Å². The lowest BCUT2D eigenvalue weighted by atomic mass is 10.2. The molecule has 5 heteroatoms. The van der Waals surface area contributed by atoms with Gasteiger partial charge in [0.05, 0.1) is 33.0 Å². The predicted octanol–water partition coefficient (Wildman–Crippen LogP) is 3.35. The highest BCUT2D eigenvalue weighted by molar-refractivity contribution is 5.69. The highest BCUT2D eigenvalue weighted by atomic mass is 16.6. The minimum absolute atomic E-state index is 0.131. The number of unbranched alkanes of at least 4 members (excludes halogenated alkanes) is 4. The van der Waals surface area contributed by atoms with Crippen molar-refractivity contribution in [2.24, 2.45) is 0 Å². The Labute approximate surface area is 135 Å². The molecule has 0 radical (unpaired) electrons. The lowest BCUT2D eigenvalue weighted by Gasteiger charge is -2.07. The first-order chi connectivity index (χ1) is 10.8. The molecule has 22 heavy (non-hydrogen) atoms. The van der Waals surface area contributed by atoms with E-state index in [-0.39, 0.29) is 5.97 Å². The summed E-state index contributed by atoms with van der Waals surface area (Å²) in [6.07, 6.45) is 7.16. The zero-order valence-electron chi connectivity index (χ0n) is 14.4. The van der Waals surface area contributed by atoms with Crippen LogP contribution in [0.1, 0.15) is 58.8 Å². The van der Waals surface area contributed by atoms with Crippen LogP contribution in [0.25, 0.3) is 0 Å². The summed E-state index contributed by atoms with van der Waals surface area (Å²) < 4.78 is 21.2. The van der Waals surface area contributed by atoms with Gasteiger partial charge in [0.2, 0.25) is 0 Å². The molecule has 0 aromatic rings. The fraction of sp³-hybridized carbons (Fsp3) is 0.941. The molecule has 0 fully saturated rings. The minimum Gasteiger partial charge on any atom is -0.463 e. The fourth-order valence-electron chi connectivity index (χ4n) is 1.80. The zero-order chi connectivity index (χ0) is 16.3. The highest BCUT2D eigenvalue weighted by Crippen LogP contribution is 2.00. The Morgan fingerprint density at radius 1 is 0.636 bits per heavy atom.